The molecule has 4 heteroatoms. The summed E-state index contributed by atoms with van der Waals surface area (Å²) in [4.78, 5) is 2.02. The van der Waals surface area contributed by atoms with Crippen molar-refractivity contribution in [2.75, 3.05) is 39.3 Å². The number of nitrogens with zero attached hydrogens (tertiary/aromatic N) is 1. The van der Waals surface area contributed by atoms with Crippen molar-refractivity contribution >= 4 is 5.69 Å². The predicted molar refractivity (Wildman–Crippen MR) is 66.2 cm³/mol. The van der Waals surface area contributed by atoms with Crippen LogP contribution in [0, 0.1) is 0 Å². The molecule has 1 unspecified atom stereocenters. The van der Waals surface area contributed by atoms with Crippen LogP contribution in [0.5, 0.6) is 5.75 Å². The first-order valence-electron chi connectivity index (χ1n) is 5.35. The molecule has 0 aliphatic rings. The smallest absolute Gasteiger partial charge is 0.121 e. The monoisotopic (exact) mass is 224 g/mol. The highest BCUT2D eigenvalue weighted by Crippen LogP contribution is 2.19. The van der Waals surface area contributed by atoms with Gasteiger partial charge in [0.15, 0.2) is 0 Å². The Bertz CT molecular complexity index is 312. The first-order valence-corrected chi connectivity index (χ1v) is 5.35. The SMILES string of the molecule is CNC(CO)COc1cccc(N(C)C)c1. The van der Waals surface area contributed by atoms with Crippen LogP contribution < -0.4 is 15.0 Å². The Kier molecular flexibility index (Phi) is 5.08. The molecule has 0 bridgehead atoms. The van der Waals surface area contributed by atoms with Crippen LogP contribution in [0.4, 0.5) is 5.69 Å². The largest absolute Gasteiger partial charge is 0.492 e. The van der Waals surface area contributed by atoms with Gasteiger partial charge in [-0.05, 0) is 19.2 Å². The molecule has 1 aromatic rings. The number of aliphatic hydroxyl groups is 1. The molecule has 1 rings (SSSR count). The van der Waals surface area contributed by atoms with E-state index in [1.165, 1.54) is 0 Å². The van der Waals surface area contributed by atoms with Crippen molar-refractivity contribution in [2.24, 2.45) is 0 Å². The van der Waals surface area contributed by atoms with E-state index >= 15 is 0 Å². The number of ether oxygens (including phenoxy) is 1. The normalized spacial score (nSPS) is 12.2. The summed E-state index contributed by atoms with van der Waals surface area (Å²) in [6, 6.07) is 7.84. The van der Waals surface area contributed by atoms with Crippen molar-refractivity contribution in [1.82, 2.24) is 5.32 Å². The summed E-state index contributed by atoms with van der Waals surface area (Å²) >= 11 is 0. The Morgan fingerprint density at radius 1 is 1.44 bits per heavy atom. The Hall–Kier alpha value is -1.26. The van der Waals surface area contributed by atoms with Gasteiger partial charge in [-0.3, -0.25) is 0 Å². The second-order valence-corrected chi connectivity index (χ2v) is 3.87. The molecule has 1 atom stereocenters. The summed E-state index contributed by atoms with van der Waals surface area (Å²) in [5, 5.41) is 12.0. The number of nitrogens with one attached hydrogen (secondary N) is 1. The molecule has 16 heavy (non-hydrogen) atoms. The fourth-order valence-electron chi connectivity index (χ4n) is 1.28. The lowest BCUT2D eigenvalue weighted by Crippen LogP contribution is -2.34. The zero-order valence-corrected chi connectivity index (χ0v) is 10.1. The van der Waals surface area contributed by atoms with Gasteiger partial charge in [0, 0.05) is 25.8 Å². The van der Waals surface area contributed by atoms with Gasteiger partial charge in [0.05, 0.1) is 12.6 Å². The molecular weight excluding hydrogens is 204 g/mol. The van der Waals surface area contributed by atoms with Crippen molar-refractivity contribution in [1.29, 1.82) is 0 Å². The standard InChI is InChI=1S/C12H20N2O2/c1-13-10(8-15)9-16-12-6-4-5-11(7-12)14(2)3/h4-7,10,13,15H,8-9H2,1-3H3. The maximum atomic E-state index is 9.00. The molecule has 0 saturated carbocycles. The molecular formula is C12H20N2O2. The molecule has 0 fully saturated rings. The van der Waals surface area contributed by atoms with Gasteiger partial charge in [0.25, 0.3) is 0 Å². The molecule has 0 aromatic heterocycles. The van der Waals surface area contributed by atoms with Gasteiger partial charge < -0.3 is 20.1 Å². The molecule has 1 aromatic carbocycles. The highest BCUT2D eigenvalue weighted by atomic mass is 16.5. The van der Waals surface area contributed by atoms with Crippen LogP contribution >= 0.6 is 0 Å². The number of anilines is 1. The Labute approximate surface area is 96.8 Å². The Balaban J connectivity index is 2.56. The van der Waals surface area contributed by atoms with Crippen molar-refractivity contribution < 1.29 is 9.84 Å². The van der Waals surface area contributed by atoms with Crippen molar-refractivity contribution in [3.8, 4) is 5.75 Å². The van der Waals surface area contributed by atoms with E-state index in [2.05, 4.69) is 5.32 Å². The summed E-state index contributed by atoms with van der Waals surface area (Å²) in [6.45, 7) is 0.535. The summed E-state index contributed by atoms with van der Waals surface area (Å²) < 4.78 is 5.59. The van der Waals surface area contributed by atoms with Crippen LogP contribution in [-0.2, 0) is 0 Å². The van der Waals surface area contributed by atoms with Gasteiger partial charge in [-0.15, -0.1) is 0 Å². The topological polar surface area (TPSA) is 44.7 Å². The molecule has 0 radical (unpaired) electrons. The number of likely N-dealkylation sites (N-methyl/N-ethyl adjacent to an activating group) is 1. The van der Waals surface area contributed by atoms with Crippen molar-refractivity contribution in [3.05, 3.63) is 24.3 Å². The lowest BCUT2D eigenvalue weighted by Gasteiger charge is -2.16. The van der Waals surface area contributed by atoms with Crippen LogP contribution in [0.1, 0.15) is 0 Å². The second-order valence-electron chi connectivity index (χ2n) is 3.87. The highest BCUT2D eigenvalue weighted by Gasteiger charge is 2.05. The lowest BCUT2D eigenvalue weighted by atomic mass is 10.3. The Morgan fingerprint density at radius 2 is 2.19 bits per heavy atom. The zero-order chi connectivity index (χ0) is 12.0. The van der Waals surface area contributed by atoms with Gasteiger partial charge in [-0.25, -0.2) is 0 Å². The molecule has 0 heterocycles. The Morgan fingerprint density at radius 3 is 2.75 bits per heavy atom. The van der Waals surface area contributed by atoms with Gasteiger partial charge in [0.1, 0.15) is 12.4 Å². The summed E-state index contributed by atoms with van der Waals surface area (Å²) in [5.41, 5.74) is 1.10. The molecule has 0 spiro atoms. The average Bonchev–Trinajstić information content (AvgIpc) is 2.31. The zero-order valence-electron chi connectivity index (χ0n) is 10.1. The first-order chi connectivity index (χ1) is 7.67. The van der Waals surface area contributed by atoms with Crippen LogP contribution in [0.15, 0.2) is 24.3 Å². The molecule has 4 nitrogen and oxygen atoms in total. The van der Waals surface area contributed by atoms with E-state index in [1.54, 1.807) is 7.05 Å². The number of hydrogen-bond donors (Lipinski definition) is 2. The molecule has 90 valence electrons. The molecule has 0 aliphatic heterocycles. The fraction of sp³-hybridized carbons (Fsp3) is 0.500. The average molecular weight is 224 g/mol. The van der Waals surface area contributed by atoms with Crippen LogP contribution in [-0.4, -0.2) is 45.5 Å². The molecule has 2 N–H and O–H groups in total. The molecule has 0 aliphatic carbocycles. The van der Waals surface area contributed by atoms with E-state index < -0.39 is 0 Å². The third-order valence-corrected chi connectivity index (χ3v) is 2.41. The van der Waals surface area contributed by atoms with E-state index in [4.69, 9.17) is 9.84 Å². The van der Waals surface area contributed by atoms with Crippen LogP contribution in [0.2, 0.25) is 0 Å². The minimum absolute atomic E-state index is 0.0250. The van der Waals surface area contributed by atoms with E-state index in [0.29, 0.717) is 6.61 Å². The second kappa shape index (κ2) is 6.35. The van der Waals surface area contributed by atoms with Crippen molar-refractivity contribution in [3.63, 3.8) is 0 Å². The predicted octanol–water partition coefficient (Wildman–Crippen LogP) is 0.712. The summed E-state index contributed by atoms with van der Waals surface area (Å²) in [6.07, 6.45) is 0. The fourth-order valence-corrected chi connectivity index (χ4v) is 1.28. The summed E-state index contributed by atoms with van der Waals surface area (Å²) in [5.74, 6) is 0.819. The summed E-state index contributed by atoms with van der Waals surface area (Å²) in [7, 11) is 5.78. The first kappa shape index (κ1) is 12.8. The third-order valence-electron chi connectivity index (χ3n) is 2.41. The quantitative estimate of drug-likeness (QED) is 0.747. The van der Waals surface area contributed by atoms with E-state index in [0.717, 1.165) is 11.4 Å². The van der Waals surface area contributed by atoms with Crippen LogP contribution in [0.3, 0.4) is 0 Å². The number of benzene rings is 1. The number of rotatable bonds is 6. The van der Waals surface area contributed by atoms with E-state index in [9.17, 15) is 0 Å². The minimum Gasteiger partial charge on any atom is -0.492 e. The lowest BCUT2D eigenvalue weighted by molar-refractivity contribution is 0.189. The van der Waals surface area contributed by atoms with Crippen LogP contribution in [0.25, 0.3) is 0 Å². The van der Waals surface area contributed by atoms with Gasteiger partial charge in [0.2, 0.25) is 0 Å². The minimum atomic E-state index is -0.0250. The van der Waals surface area contributed by atoms with Gasteiger partial charge >= 0.3 is 0 Å². The maximum absolute atomic E-state index is 9.00. The maximum Gasteiger partial charge on any atom is 0.121 e. The van der Waals surface area contributed by atoms with E-state index in [1.807, 2.05) is 43.3 Å². The van der Waals surface area contributed by atoms with Gasteiger partial charge in [-0.2, -0.15) is 0 Å². The highest BCUT2D eigenvalue weighted by molar-refractivity contribution is 5.49. The molecule has 0 amide bonds. The number of aliphatic hydroxyl groups excluding tert-OH is 1. The van der Waals surface area contributed by atoms with Gasteiger partial charge in [-0.1, -0.05) is 6.07 Å². The van der Waals surface area contributed by atoms with E-state index in [-0.39, 0.29) is 12.6 Å². The number of hydrogen-bond acceptors (Lipinski definition) is 4. The van der Waals surface area contributed by atoms with Crippen molar-refractivity contribution in [2.45, 2.75) is 6.04 Å². The molecule has 0 saturated heterocycles. The third kappa shape index (κ3) is 3.72.